The van der Waals surface area contributed by atoms with Crippen molar-refractivity contribution in [2.24, 2.45) is 10.7 Å². The molecule has 0 aromatic rings. The Morgan fingerprint density at radius 1 is 1.69 bits per heavy atom. The predicted molar refractivity (Wildman–Crippen MR) is 57.5 cm³/mol. The lowest BCUT2D eigenvalue weighted by Gasteiger charge is -2.08. The van der Waals surface area contributed by atoms with Crippen LogP contribution in [-0.4, -0.2) is 25.4 Å². The number of amidine groups is 1. The number of nitrogens with zero attached hydrogens (tertiary/aromatic N) is 1. The van der Waals surface area contributed by atoms with E-state index in [0.717, 1.165) is 0 Å². The summed E-state index contributed by atoms with van der Waals surface area (Å²) >= 11 is 1.44. The van der Waals surface area contributed by atoms with Crippen LogP contribution < -0.4 is 11.1 Å². The molecule has 13 heavy (non-hydrogen) atoms. The summed E-state index contributed by atoms with van der Waals surface area (Å²) in [6.07, 6.45) is 3.72. The highest BCUT2D eigenvalue weighted by Crippen LogP contribution is 2.04. The van der Waals surface area contributed by atoms with E-state index in [4.69, 9.17) is 5.73 Å². The van der Waals surface area contributed by atoms with Crippen molar-refractivity contribution in [3.63, 3.8) is 0 Å². The van der Waals surface area contributed by atoms with Crippen LogP contribution in [0.4, 0.5) is 0 Å². The zero-order valence-electron chi connectivity index (χ0n) is 7.70. The largest absolute Gasteiger partial charge is 0.404 e. The number of nitrogens with one attached hydrogen (secondary N) is 1. The quantitative estimate of drug-likeness (QED) is 0.299. The second-order valence-electron chi connectivity index (χ2n) is 2.06. The van der Waals surface area contributed by atoms with Gasteiger partial charge in [0.15, 0.2) is 6.29 Å². The van der Waals surface area contributed by atoms with Gasteiger partial charge in [0.05, 0.1) is 10.6 Å². The molecule has 0 unspecified atom stereocenters. The smallest absolute Gasteiger partial charge is 0.155 e. The molecule has 0 aromatic heterocycles. The van der Waals surface area contributed by atoms with Crippen LogP contribution in [0.5, 0.6) is 0 Å². The van der Waals surface area contributed by atoms with E-state index in [9.17, 15) is 4.79 Å². The SMILES string of the molecule is C=C(NC(=NC)/C(C=O)=C\N)SC. The summed E-state index contributed by atoms with van der Waals surface area (Å²) in [7, 11) is 1.57. The third kappa shape index (κ3) is 3.80. The summed E-state index contributed by atoms with van der Waals surface area (Å²) in [6, 6.07) is 0. The molecule has 3 N–H and O–H groups in total. The first-order valence-electron chi connectivity index (χ1n) is 3.53. The monoisotopic (exact) mass is 199 g/mol. The van der Waals surface area contributed by atoms with Crippen molar-refractivity contribution in [3.8, 4) is 0 Å². The molecule has 0 aliphatic carbocycles. The third-order valence-corrected chi connectivity index (χ3v) is 1.90. The Labute approximate surface area is 82.0 Å². The van der Waals surface area contributed by atoms with E-state index >= 15 is 0 Å². The third-order valence-electron chi connectivity index (χ3n) is 1.31. The van der Waals surface area contributed by atoms with Crippen LogP contribution in [0.2, 0.25) is 0 Å². The van der Waals surface area contributed by atoms with Crippen molar-refractivity contribution in [1.82, 2.24) is 5.32 Å². The van der Waals surface area contributed by atoms with Crippen molar-refractivity contribution in [2.45, 2.75) is 0 Å². The molecule has 0 spiro atoms. The Morgan fingerprint density at radius 2 is 2.31 bits per heavy atom. The summed E-state index contributed by atoms with van der Waals surface area (Å²) in [5.74, 6) is 0.428. The highest BCUT2D eigenvalue weighted by molar-refractivity contribution is 8.02. The van der Waals surface area contributed by atoms with Crippen LogP contribution >= 0.6 is 11.8 Å². The van der Waals surface area contributed by atoms with Crippen molar-refractivity contribution >= 4 is 23.9 Å². The van der Waals surface area contributed by atoms with E-state index in [-0.39, 0.29) is 0 Å². The molecule has 0 aliphatic rings. The minimum atomic E-state index is 0.317. The zero-order valence-corrected chi connectivity index (χ0v) is 8.52. The number of rotatable bonds is 4. The van der Waals surface area contributed by atoms with Gasteiger partial charge in [-0.1, -0.05) is 6.58 Å². The van der Waals surface area contributed by atoms with Crippen molar-refractivity contribution in [3.05, 3.63) is 23.4 Å². The molecular weight excluding hydrogens is 186 g/mol. The predicted octanol–water partition coefficient (Wildman–Crippen LogP) is 0.480. The molecule has 0 heterocycles. The van der Waals surface area contributed by atoms with E-state index in [1.54, 1.807) is 7.05 Å². The normalized spacial score (nSPS) is 12.5. The van der Waals surface area contributed by atoms with Crippen molar-refractivity contribution in [2.75, 3.05) is 13.3 Å². The van der Waals surface area contributed by atoms with E-state index in [1.807, 2.05) is 6.26 Å². The summed E-state index contributed by atoms with van der Waals surface area (Å²) < 4.78 is 0. The second-order valence-corrected chi connectivity index (χ2v) is 2.97. The fourth-order valence-electron chi connectivity index (χ4n) is 0.614. The molecule has 0 rings (SSSR count). The first-order chi connectivity index (χ1) is 6.19. The number of aldehydes is 1. The number of hydrogen-bond donors (Lipinski definition) is 2. The highest BCUT2D eigenvalue weighted by atomic mass is 32.2. The fraction of sp³-hybridized carbons (Fsp3) is 0.250. The molecule has 72 valence electrons. The number of aliphatic imine (C=N–C) groups is 1. The van der Waals surface area contributed by atoms with Gasteiger partial charge in [-0.3, -0.25) is 9.79 Å². The molecule has 0 saturated heterocycles. The number of carbonyl (C=O) groups is 1. The molecule has 0 saturated carbocycles. The highest BCUT2D eigenvalue weighted by Gasteiger charge is 2.04. The Morgan fingerprint density at radius 3 is 2.62 bits per heavy atom. The van der Waals surface area contributed by atoms with Gasteiger partial charge in [-0.25, -0.2) is 0 Å². The molecule has 0 fully saturated rings. The molecular formula is C8H13N3OS. The average Bonchev–Trinajstić information content (AvgIpc) is 2.17. The van der Waals surface area contributed by atoms with Gasteiger partial charge < -0.3 is 11.1 Å². The first kappa shape index (κ1) is 11.8. The lowest BCUT2D eigenvalue weighted by Crippen LogP contribution is -2.24. The standard InChI is InChI=1S/C8H13N3OS/c1-6(13-3)11-8(10-2)7(4-9)5-12/h4-5H,1,9H2,2-3H3,(H,10,11)/b7-4-. The van der Waals surface area contributed by atoms with Crippen LogP contribution in [-0.2, 0) is 4.79 Å². The maximum Gasteiger partial charge on any atom is 0.155 e. The molecule has 0 amide bonds. The molecule has 0 atom stereocenters. The van der Waals surface area contributed by atoms with E-state index in [1.165, 1.54) is 18.0 Å². The lowest BCUT2D eigenvalue weighted by atomic mass is 10.3. The summed E-state index contributed by atoms with van der Waals surface area (Å²) in [5, 5.41) is 3.57. The van der Waals surface area contributed by atoms with Gasteiger partial charge in [0.25, 0.3) is 0 Å². The molecule has 4 nitrogen and oxygen atoms in total. The Bertz CT molecular complexity index is 258. The molecule has 0 aromatic carbocycles. The first-order valence-corrected chi connectivity index (χ1v) is 4.76. The Balaban J connectivity index is 4.54. The van der Waals surface area contributed by atoms with Crippen LogP contribution in [0.25, 0.3) is 0 Å². The van der Waals surface area contributed by atoms with Crippen LogP contribution in [0.1, 0.15) is 0 Å². The Kier molecular flexibility index (Phi) is 5.71. The van der Waals surface area contributed by atoms with E-state index in [0.29, 0.717) is 22.7 Å². The van der Waals surface area contributed by atoms with Crippen molar-refractivity contribution in [1.29, 1.82) is 0 Å². The van der Waals surface area contributed by atoms with Gasteiger partial charge in [-0.15, -0.1) is 11.8 Å². The van der Waals surface area contributed by atoms with Crippen molar-refractivity contribution < 1.29 is 4.79 Å². The molecule has 5 heteroatoms. The van der Waals surface area contributed by atoms with Gasteiger partial charge >= 0.3 is 0 Å². The summed E-state index contributed by atoms with van der Waals surface area (Å²) in [4.78, 5) is 14.4. The van der Waals surface area contributed by atoms with Gasteiger partial charge in [0, 0.05) is 13.2 Å². The van der Waals surface area contributed by atoms with Crippen LogP contribution in [0.15, 0.2) is 28.4 Å². The summed E-state index contributed by atoms with van der Waals surface area (Å²) in [6.45, 7) is 3.70. The van der Waals surface area contributed by atoms with Gasteiger partial charge in [0.2, 0.25) is 0 Å². The number of nitrogens with two attached hydrogens (primary N) is 1. The zero-order chi connectivity index (χ0) is 10.3. The number of hydrogen-bond acceptors (Lipinski definition) is 4. The second kappa shape index (κ2) is 6.30. The number of carbonyl (C=O) groups excluding carboxylic acids is 1. The van der Waals surface area contributed by atoms with E-state index in [2.05, 4.69) is 16.9 Å². The average molecular weight is 199 g/mol. The number of thioether (sulfide) groups is 1. The summed E-state index contributed by atoms with van der Waals surface area (Å²) in [5.41, 5.74) is 5.54. The minimum Gasteiger partial charge on any atom is -0.404 e. The lowest BCUT2D eigenvalue weighted by molar-refractivity contribution is -0.104. The maximum absolute atomic E-state index is 10.5. The van der Waals surface area contributed by atoms with Gasteiger partial charge in [0.1, 0.15) is 5.84 Å². The topological polar surface area (TPSA) is 67.5 Å². The fourth-order valence-corrected chi connectivity index (χ4v) is 0.813. The van der Waals surface area contributed by atoms with Gasteiger partial charge in [-0.2, -0.15) is 0 Å². The molecule has 0 radical (unpaired) electrons. The minimum absolute atomic E-state index is 0.317. The molecule has 0 bridgehead atoms. The van der Waals surface area contributed by atoms with Gasteiger partial charge in [-0.05, 0) is 6.26 Å². The van der Waals surface area contributed by atoms with E-state index < -0.39 is 0 Å². The van der Waals surface area contributed by atoms with Crippen LogP contribution in [0.3, 0.4) is 0 Å². The Hall–Kier alpha value is -1.23. The maximum atomic E-state index is 10.5. The molecule has 0 aliphatic heterocycles. The van der Waals surface area contributed by atoms with Crippen LogP contribution in [0, 0.1) is 0 Å².